The van der Waals surface area contributed by atoms with Crippen molar-refractivity contribution in [2.24, 2.45) is 0 Å². The van der Waals surface area contributed by atoms with E-state index in [0.717, 1.165) is 4.68 Å². The Kier molecular flexibility index (Phi) is 4.46. The SMILES string of the molecule is O=[N+]([O-])c1nn(CCOCC(F)(F)F)cc1Br. The average molecular weight is 318 g/mol. The van der Waals surface area contributed by atoms with E-state index >= 15 is 0 Å². The number of nitrogens with zero attached hydrogens (tertiary/aromatic N) is 3. The van der Waals surface area contributed by atoms with Crippen LogP contribution in [0.4, 0.5) is 19.0 Å². The van der Waals surface area contributed by atoms with E-state index in [2.05, 4.69) is 25.8 Å². The van der Waals surface area contributed by atoms with Gasteiger partial charge in [0.2, 0.25) is 0 Å². The second-order valence-corrected chi connectivity index (χ2v) is 3.84. The van der Waals surface area contributed by atoms with Crippen molar-refractivity contribution >= 4 is 21.7 Å². The third-order valence-electron chi connectivity index (χ3n) is 1.60. The van der Waals surface area contributed by atoms with Crippen LogP contribution in [-0.4, -0.2) is 34.1 Å². The van der Waals surface area contributed by atoms with Crippen molar-refractivity contribution in [2.75, 3.05) is 13.2 Å². The lowest BCUT2D eigenvalue weighted by molar-refractivity contribution is -0.390. The summed E-state index contributed by atoms with van der Waals surface area (Å²) in [4.78, 5) is 9.72. The average Bonchev–Trinajstić information content (AvgIpc) is 2.53. The molecule has 0 saturated heterocycles. The first-order chi connectivity index (χ1) is 7.79. The monoisotopic (exact) mass is 317 g/mol. The molecule has 0 saturated carbocycles. The molecule has 1 rings (SSSR count). The molecular formula is C7H7BrF3N3O3. The number of aromatic nitrogens is 2. The van der Waals surface area contributed by atoms with E-state index in [4.69, 9.17) is 0 Å². The summed E-state index contributed by atoms with van der Waals surface area (Å²) in [5.74, 6) is -0.388. The summed E-state index contributed by atoms with van der Waals surface area (Å²) in [5.41, 5.74) is 0. The first-order valence-corrected chi connectivity index (χ1v) is 5.11. The smallest absolute Gasteiger partial charge is 0.370 e. The fourth-order valence-electron chi connectivity index (χ4n) is 0.971. The minimum Gasteiger partial charge on any atom is -0.370 e. The summed E-state index contributed by atoms with van der Waals surface area (Å²) >= 11 is 2.91. The number of rotatable bonds is 5. The van der Waals surface area contributed by atoms with Crippen LogP contribution in [0.25, 0.3) is 0 Å². The molecule has 10 heteroatoms. The van der Waals surface area contributed by atoms with Crippen molar-refractivity contribution in [3.8, 4) is 0 Å². The van der Waals surface area contributed by atoms with Gasteiger partial charge in [-0.2, -0.15) is 17.9 Å². The van der Waals surface area contributed by atoms with Crippen LogP contribution in [0.3, 0.4) is 0 Å². The summed E-state index contributed by atoms with van der Waals surface area (Å²) in [6, 6.07) is 0. The summed E-state index contributed by atoms with van der Waals surface area (Å²) in [5, 5.41) is 14.0. The summed E-state index contributed by atoms with van der Waals surface area (Å²) < 4.78 is 40.8. The highest BCUT2D eigenvalue weighted by atomic mass is 79.9. The van der Waals surface area contributed by atoms with Crippen LogP contribution in [0.5, 0.6) is 0 Å². The third kappa shape index (κ3) is 4.69. The summed E-state index contributed by atoms with van der Waals surface area (Å²) in [7, 11) is 0. The molecule has 1 aromatic heterocycles. The molecule has 0 N–H and O–H groups in total. The number of halogens is 4. The van der Waals surface area contributed by atoms with Gasteiger partial charge in [0.15, 0.2) is 0 Å². The molecule has 0 atom stereocenters. The highest BCUT2D eigenvalue weighted by molar-refractivity contribution is 9.10. The normalized spacial score (nSPS) is 11.8. The van der Waals surface area contributed by atoms with Crippen LogP contribution in [-0.2, 0) is 11.3 Å². The Morgan fingerprint density at radius 2 is 2.24 bits per heavy atom. The van der Waals surface area contributed by atoms with Gasteiger partial charge in [0.1, 0.15) is 11.1 Å². The lowest BCUT2D eigenvalue weighted by Crippen LogP contribution is -2.19. The van der Waals surface area contributed by atoms with Crippen molar-refractivity contribution < 1.29 is 22.8 Å². The maximum Gasteiger partial charge on any atom is 0.411 e. The molecule has 0 bridgehead atoms. The second kappa shape index (κ2) is 5.45. The van der Waals surface area contributed by atoms with E-state index in [1.165, 1.54) is 6.20 Å². The van der Waals surface area contributed by atoms with Crippen molar-refractivity contribution in [1.82, 2.24) is 9.78 Å². The predicted molar refractivity (Wildman–Crippen MR) is 53.5 cm³/mol. The fraction of sp³-hybridized carbons (Fsp3) is 0.571. The largest absolute Gasteiger partial charge is 0.411 e. The number of hydrogen-bond acceptors (Lipinski definition) is 4. The molecule has 0 aliphatic heterocycles. The molecule has 1 aromatic rings. The summed E-state index contributed by atoms with van der Waals surface area (Å²) in [6.45, 7) is -1.58. The molecule has 1 heterocycles. The number of alkyl halides is 3. The number of ether oxygens (including phenoxy) is 1. The quantitative estimate of drug-likeness (QED) is 0.474. The highest BCUT2D eigenvalue weighted by Crippen LogP contribution is 2.21. The van der Waals surface area contributed by atoms with Crippen LogP contribution in [0.2, 0.25) is 0 Å². The van der Waals surface area contributed by atoms with Crippen LogP contribution in [0, 0.1) is 10.1 Å². The van der Waals surface area contributed by atoms with E-state index in [1.54, 1.807) is 0 Å². The molecule has 0 aromatic carbocycles. The van der Waals surface area contributed by atoms with Gasteiger partial charge in [-0.25, -0.2) is 0 Å². The topological polar surface area (TPSA) is 70.2 Å². The standard InChI is InChI=1S/C7H7BrF3N3O3/c8-5-3-13(12-6(5)14(15)16)1-2-17-4-7(9,10)11/h3H,1-2,4H2. The molecule has 0 amide bonds. The molecule has 6 nitrogen and oxygen atoms in total. The van der Waals surface area contributed by atoms with Gasteiger partial charge in [0.05, 0.1) is 24.4 Å². The van der Waals surface area contributed by atoms with Gasteiger partial charge in [0, 0.05) is 0 Å². The van der Waals surface area contributed by atoms with E-state index in [-0.39, 0.29) is 23.4 Å². The Labute approximate surface area is 102 Å². The first kappa shape index (κ1) is 13.9. The van der Waals surface area contributed by atoms with Crippen LogP contribution in [0.15, 0.2) is 10.7 Å². The van der Waals surface area contributed by atoms with Crippen LogP contribution >= 0.6 is 15.9 Å². The third-order valence-corrected chi connectivity index (χ3v) is 2.16. The van der Waals surface area contributed by atoms with Crippen molar-refractivity contribution in [1.29, 1.82) is 0 Å². The van der Waals surface area contributed by atoms with Gasteiger partial charge >= 0.3 is 12.0 Å². The van der Waals surface area contributed by atoms with E-state index < -0.39 is 17.7 Å². The summed E-state index contributed by atoms with van der Waals surface area (Å²) in [6.07, 6.45) is -3.08. The zero-order valence-corrected chi connectivity index (χ0v) is 9.86. The molecule has 17 heavy (non-hydrogen) atoms. The first-order valence-electron chi connectivity index (χ1n) is 4.31. The zero-order chi connectivity index (χ0) is 13.1. The van der Waals surface area contributed by atoms with E-state index in [9.17, 15) is 23.3 Å². The van der Waals surface area contributed by atoms with Gasteiger partial charge in [0.25, 0.3) is 0 Å². The zero-order valence-electron chi connectivity index (χ0n) is 8.28. The van der Waals surface area contributed by atoms with Crippen molar-refractivity contribution in [3.63, 3.8) is 0 Å². The maximum atomic E-state index is 11.7. The Bertz CT molecular complexity index is 407. The second-order valence-electron chi connectivity index (χ2n) is 2.99. The van der Waals surface area contributed by atoms with Crippen molar-refractivity contribution in [2.45, 2.75) is 12.7 Å². The molecule has 96 valence electrons. The molecule has 0 aliphatic carbocycles. The molecular weight excluding hydrogens is 311 g/mol. The lowest BCUT2D eigenvalue weighted by Gasteiger charge is -2.06. The maximum absolute atomic E-state index is 11.7. The highest BCUT2D eigenvalue weighted by Gasteiger charge is 2.27. The van der Waals surface area contributed by atoms with Gasteiger partial charge in [-0.05, 0) is 20.9 Å². The predicted octanol–water partition coefficient (Wildman–Crippen LogP) is 2.13. The lowest BCUT2D eigenvalue weighted by atomic mass is 10.6. The van der Waals surface area contributed by atoms with Gasteiger partial charge in [-0.1, -0.05) is 0 Å². The Morgan fingerprint density at radius 3 is 2.71 bits per heavy atom. The number of nitro groups is 1. The Morgan fingerprint density at radius 1 is 1.59 bits per heavy atom. The van der Waals surface area contributed by atoms with Gasteiger partial charge < -0.3 is 14.9 Å². The molecule has 0 radical (unpaired) electrons. The Balaban J connectivity index is 2.43. The van der Waals surface area contributed by atoms with E-state index in [0.29, 0.717) is 0 Å². The minimum atomic E-state index is -4.38. The minimum absolute atomic E-state index is 0.00250. The molecule has 0 fully saturated rings. The van der Waals surface area contributed by atoms with Crippen molar-refractivity contribution in [3.05, 3.63) is 20.8 Å². The molecule has 0 spiro atoms. The van der Waals surface area contributed by atoms with Gasteiger partial charge in [-0.15, -0.1) is 0 Å². The fourth-order valence-corrected chi connectivity index (χ4v) is 1.43. The Hall–Kier alpha value is -1.16. The molecule has 0 unspecified atom stereocenters. The van der Waals surface area contributed by atoms with Crippen LogP contribution < -0.4 is 0 Å². The number of hydrogen-bond donors (Lipinski definition) is 0. The molecule has 0 aliphatic rings. The van der Waals surface area contributed by atoms with Crippen LogP contribution in [0.1, 0.15) is 0 Å². The van der Waals surface area contributed by atoms with Gasteiger partial charge in [-0.3, -0.25) is 0 Å². The van der Waals surface area contributed by atoms with E-state index in [1.807, 2.05) is 0 Å².